The van der Waals surface area contributed by atoms with Crippen molar-refractivity contribution in [3.8, 4) is 0 Å². The second-order valence-corrected chi connectivity index (χ2v) is 4.27. The lowest BCUT2D eigenvalue weighted by atomic mass is 10.2. The van der Waals surface area contributed by atoms with Gasteiger partial charge in [-0.1, -0.05) is 6.92 Å². The molecule has 2 aromatic rings. The van der Waals surface area contributed by atoms with Crippen molar-refractivity contribution >= 4 is 17.5 Å². The Morgan fingerprint density at radius 2 is 2.00 bits per heavy atom. The molecule has 1 aromatic carbocycles. The molecule has 1 aromatic heterocycles. The maximum atomic E-state index is 12.0. The first-order valence-electron chi connectivity index (χ1n) is 6.31. The van der Waals surface area contributed by atoms with Crippen LogP contribution in [0.1, 0.15) is 27.9 Å². The monoisotopic (exact) mass is 272 g/mol. The molecule has 6 heteroatoms. The fourth-order valence-electron chi connectivity index (χ4n) is 1.80. The molecule has 0 spiro atoms. The largest absolute Gasteiger partial charge is 0.399 e. The first-order chi connectivity index (χ1) is 9.61. The van der Waals surface area contributed by atoms with E-state index in [1.165, 1.54) is 4.57 Å². The van der Waals surface area contributed by atoms with Crippen molar-refractivity contribution in [1.82, 2.24) is 14.9 Å². The molecule has 0 aliphatic rings. The van der Waals surface area contributed by atoms with Gasteiger partial charge in [-0.25, -0.2) is 4.98 Å². The first kappa shape index (κ1) is 13.8. The molecule has 2 rings (SSSR count). The second kappa shape index (κ2) is 6.01. The molecule has 0 fully saturated rings. The minimum atomic E-state index is -0.309. The van der Waals surface area contributed by atoms with Crippen LogP contribution >= 0.6 is 0 Å². The standard InChI is InChI=1S/C14H16N4O2/c1-2-12-16-7-8-18(12)13(19)9-17-14(20)10-3-5-11(15)6-4-10/h3-8H,2,9,15H2,1H3,(H,17,20). The Kier molecular flexibility index (Phi) is 4.14. The van der Waals surface area contributed by atoms with Gasteiger partial charge in [-0.15, -0.1) is 0 Å². The summed E-state index contributed by atoms with van der Waals surface area (Å²) in [5.74, 6) is 0.149. The summed E-state index contributed by atoms with van der Waals surface area (Å²) in [6.07, 6.45) is 3.82. The molecule has 0 bridgehead atoms. The summed E-state index contributed by atoms with van der Waals surface area (Å²) in [6, 6.07) is 6.51. The number of aromatic nitrogens is 2. The molecule has 1 amide bonds. The lowest BCUT2D eigenvalue weighted by Crippen LogP contribution is -2.32. The van der Waals surface area contributed by atoms with Crippen LogP contribution in [-0.4, -0.2) is 27.9 Å². The van der Waals surface area contributed by atoms with Crippen molar-refractivity contribution in [1.29, 1.82) is 0 Å². The highest BCUT2D eigenvalue weighted by Gasteiger charge is 2.11. The highest BCUT2D eigenvalue weighted by molar-refractivity contribution is 5.97. The zero-order valence-corrected chi connectivity index (χ0v) is 11.2. The lowest BCUT2D eigenvalue weighted by molar-refractivity contribution is 0.0858. The number of amides is 1. The fraction of sp³-hybridized carbons (Fsp3) is 0.214. The number of hydrogen-bond donors (Lipinski definition) is 2. The van der Waals surface area contributed by atoms with E-state index in [4.69, 9.17) is 5.73 Å². The van der Waals surface area contributed by atoms with Crippen LogP contribution in [0, 0.1) is 0 Å². The van der Waals surface area contributed by atoms with E-state index in [-0.39, 0.29) is 18.4 Å². The third-order valence-corrected chi connectivity index (χ3v) is 2.88. The number of hydrogen-bond acceptors (Lipinski definition) is 4. The second-order valence-electron chi connectivity index (χ2n) is 4.27. The molecular formula is C14H16N4O2. The van der Waals surface area contributed by atoms with E-state index in [0.29, 0.717) is 23.5 Å². The predicted molar refractivity (Wildman–Crippen MR) is 75.4 cm³/mol. The van der Waals surface area contributed by atoms with Gasteiger partial charge in [0.1, 0.15) is 5.82 Å². The van der Waals surface area contributed by atoms with E-state index in [2.05, 4.69) is 10.3 Å². The average Bonchev–Trinajstić information content (AvgIpc) is 2.93. The van der Waals surface area contributed by atoms with Crippen molar-refractivity contribution in [3.05, 3.63) is 48.0 Å². The third kappa shape index (κ3) is 3.03. The number of carbonyl (C=O) groups is 2. The van der Waals surface area contributed by atoms with Crippen LogP contribution in [0.4, 0.5) is 5.69 Å². The number of nitrogens with one attached hydrogen (secondary N) is 1. The van der Waals surface area contributed by atoms with Crippen molar-refractivity contribution in [2.45, 2.75) is 13.3 Å². The summed E-state index contributed by atoms with van der Waals surface area (Å²) >= 11 is 0. The van der Waals surface area contributed by atoms with Gasteiger partial charge in [0, 0.05) is 30.1 Å². The van der Waals surface area contributed by atoms with Crippen LogP contribution in [0.2, 0.25) is 0 Å². The molecule has 0 saturated carbocycles. The van der Waals surface area contributed by atoms with Crippen molar-refractivity contribution < 1.29 is 9.59 Å². The number of imidazole rings is 1. The Bertz CT molecular complexity index is 616. The van der Waals surface area contributed by atoms with Crippen molar-refractivity contribution in [2.24, 2.45) is 0 Å². The van der Waals surface area contributed by atoms with Gasteiger partial charge in [-0.05, 0) is 24.3 Å². The van der Waals surface area contributed by atoms with E-state index in [1.54, 1.807) is 36.7 Å². The molecule has 104 valence electrons. The summed E-state index contributed by atoms with van der Waals surface area (Å²) in [4.78, 5) is 27.9. The van der Waals surface area contributed by atoms with Gasteiger partial charge in [-0.2, -0.15) is 0 Å². The number of nitrogen functional groups attached to an aromatic ring is 1. The summed E-state index contributed by atoms with van der Waals surface area (Å²) in [6.45, 7) is 1.84. The topological polar surface area (TPSA) is 90.0 Å². The minimum absolute atomic E-state index is 0.0768. The van der Waals surface area contributed by atoms with Crippen LogP contribution in [0.15, 0.2) is 36.7 Å². The summed E-state index contributed by atoms with van der Waals surface area (Å²) in [5.41, 5.74) is 6.60. The van der Waals surface area contributed by atoms with Gasteiger partial charge in [-0.3, -0.25) is 14.2 Å². The number of benzene rings is 1. The maximum absolute atomic E-state index is 12.0. The molecular weight excluding hydrogens is 256 g/mol. The molecule has 0 unspecified atom stereocenters. The molecule has 20 heavy (non-hydrogen) atoms. The molecule has 6 nitrogen and oxygen atoms in total. The Balaban J connectivity index is 1.96. The molecule has 0 aliphatic carbocycles. The zero-order chi connectivity index (χ0) is 14.5. The molecule has 0 atom stereocenters. The van der Waals surface area contributed by atoms with Gasteiger partial charge in [0.2, 0.25) is 0 Å². The molecule has 0 aliphatic heterocycles. The average molecular weight is 272 g/mol. The summed E-state index contributed by atoms with van der Waals surface area (Å²) in [5, 5.41) is 2.58. The van der Waals surface area contributed by atoms with Gasteiger partial charge in [0.25, 0.3) is 11.8 Å². The third-order valence-electron chi connectivity index (χ3n) is 2.88. The van der Waals surface area contributed by atoms with E-state index in [0.717, 1.165) is 0 Å². The predicted octanol–water partition coefficient (Wildman–Crippen LogP) is 1.10. The molecule has 1 heterocycles. The van der Waals surface area contributed by atoms with E-state index < -0.39 is 0 Å². The SMILES string of the molecule is CCc1nccn1C(=O)CNC(=O)c1ccc(N)cc1. The van der Waals surface area contributed by atoms with Crippen LogP contribution in [-0.2, 0) is 6.42 Å². The molecule has 0 saturated heterocycles. The highest BCUT2D eigenvalue weighted by Crippen LogP contribution is 2.05. The van der Waals surface area contributed by atoms with Crippen molar-refractivity contribution in [2.75, 3.05) is 12.3 Å². The molecule has 3 N–H and O–H groups in total. The van der Waals surface area contributed by atoms with Gasteiger partial charge in [0.05, 0.1) is 6.54 Å². The Morgan fingerprint density at radius 1 is 1.30 bits per heavy atom. The van der Waals surface area contributed by atoms with E-state index >= 15 is 0 Å². The first-order valence-corrected chi connectivity index (χ1v) is 6.31. The lowest BCUT2D eigenvalue weighted by Gasteiger charge is -2.07. The number of carbonyl (C=O) groups excluding carboxylic acids is 2. The van der Waals surface area contributed by atoms with E-state index in [1.807, 2.05) is 6.92 Å². The Labute approximate surface area is 116 Å². The zero-order valence-electron chi connectivity index (χ0n) is 11.2. The Morgan fingerprint density at radius 3 is 2.65 bits per heavy atom. The Hall–Kier alpha value is -2.63. The number of aryl methyl sites for hydroxylation is 1. The number of nitrogens with zero attached hydrogens (tertiary/aromatic N) is 2. The molecule has 0 radical (unpaired) electrons. The summed E-state index contributed by atoms with van der Waals surface area (Å²) < 4.78 is 1.45. The van der Waals surface area contributed by atoms with Crippen molar-refractivity contribution in [3.63, 3.8) is 0 Å². The van der Waals surface area contributed by atoms with Crippen LogP contribution in [0.25, 0.3) is 0 Å². The smallest absolute Gasteiger partial charge is 0.251 e. The highest BCUT2D eigenvalue weighted by atomic mass is 16.2. The van der Waals surface area contributed by atoms with Crippen LogP contribution < -0.4 is 11.1 Å². The quantitative estimate of drug-likeness (QED) is 0.815. The van der Waals surface area contributed by atoms with Gasteiger partial charge < -0.3 is 11.1 Å². The van der Waals surface area contributed by atoms with Gasteiger partial charge >= 0.3 is 0 Å². The van der Waals surface area contributed by atoms with Gasteiger partial charge in [0.15, 0.2) is 0 Å². The van der Waals surface area contributed by atoms with Crippen LogP contribution in [0.5, 0.6) is 0 Å². The minimum Gasteiger partial charge on any atom is -0.399 e. The number of nitrogens with two attached hydrogens (primary N) is 1. The number of rotatable bonds is 4. The van der Waals surface area contributed by atoms with Crippen LogP contribution in [0.3, 0.4) is 0 Å². The van der Waals surface area contributed by atoms with E-state index in [9.17, 15) is 9.59 Å². The fourth-order valence-corrected chi connectivity index (χ4v) is 1.80. The summed E-state index contributed by atoms with van der Waals surface area (Å²) in [7, 11) is 0. The maximum Gasteiger partial charge on any atom is 0.251 e. The normalized spacial score (nSPS) is 10.2. The number of anilines is 1.